The number of fused-ring (bicyclic) bond motifs is 3. The van der Waals surface area contributed by atoms with E-state index in [1.807, 2.05) is 0 Å². The fraction of sp³-hybridized carbons (Fsp3) is 0.500. The first-order valence-corrected chi connectivity index (χ1v) is 7.47. The molecule has 2 N–H and O–H groups in total. The highest BCUT2D eigenvalue weighted by Gasteiger charge is 2.41. The molecule has 1 heterocycles. The highest BCUT2D eigenvalue weighted by molar-refractivity contribution is 6.02. The van der Waals surface area contributed by atoms with E-state index >= 15 is 0 Å². The van der Waals surface area contributed by atoms with E-state index in [0.29, 0.717) is 28.6 Å². The molecule has 1 aromatic heterocycles. The lowest BCUT2D eigenvalue weighted by Gasteiger charge is -2.19. The Balaban J connectivity index is 1.84. The molecule has 3 unspecified atom stereocenters. The number of H-pyrrole nitrogens is 1. The number of hydrogen-bond donors (Lipinski definition) is 2. The minimum atomic E-state index is -0.950. The molecule has 5 nitrogen and oxygen atoms in total. The number of nitrogens with one attached hydrogen (secondary N) is 1. The third-order valence-electron chi connectivity index (χ3n) is 5.16. The van der Waals surface area contributed by atoms with Crippen LogP contribution in [0.3, 0.4) is 0 Å². The molecule has 0 radical (unpaired) electrons. The van der Waals surface area contributed by atoms with Crippen molar-refractivity contribution in [1.29, 1.82) is 0 Å². The lowest BCUT2D eigenvalue weighted by molar-refractivity contribution is 0.0699. The van der Waals surface area contributed by atoms with Gasteiger partial charge in [0.05, 0.1) is 12.7 Å². The van der Waals surface area contributed by atoms with Gasteiger partial charge in [0.1, 0.15) is 22.6 Å². The number of benzene rings is 1. The predicted molar refractivity (Wildman–Crippen MR) is 77.8 cm³/mol. The molecule has 4 rings (SSSR count). The second kappa shape index (κ2) is 4.48. The van der Waals surface area contributed by atoms with E-state index in [-0.39, 0.29) is 5.56 Å². The second-order valence-electron chi connectivity index (χ2n) is 6.25. The average Bonchev–Trinajstić information content (AvgIpc) is 3.19. The van der Waals surface area contributed by atoms with Gasteiger partial charge in [-0.15, -0.1) is 0 Å². The molecule has 2 aliphatic carbocycles. The summed E-state index contributed by atoms with van der Waals surface area (Å²) in [4.78, 5) is 19.3. The van der Waals surface area contributed by atoms with Crippen LogP contribution in [0.5, 0.6) is 5.75 Å². The molecule has 5 heteroatoms. The zero-order chi connectivity index (χ0) is 14.6. The van der Waals surface area contributed by atoms with Crippen LogP contribution < -0.4 is 4.74 Å². The van der Waals surface area contributed by atoms with E-state index < -0.39 is 5.97 Å². The van der Waals surface area contributed by atoms with Gasteiger partial charge >= 0.3 is 5.97 Å². The summed E-state index contributed by atoms with van der Waals surface area (Å²) in [6.07, 6.45) is 5.08. The highest BCUT2D eigenvalue weighted by atomic mass is 16.5. The fourth-order valence-electron chi connectivity index (χ4n) is 4.18. The second-order valence-corrected chi connectivity index (χ2v) is 6.25. The lowest BCUT2D eigenvalue weighted by atomic mass is 9.88. The maximum atomic E-state index is 11.4. The van der Waals surface area contributed by atoms with Gasteiger partial charge in [0.15, 0.2) is 0 Å². The van der Waals surface area contributed by atoms with Crippen LogP contribution in [-0.2, 0) is 0 Å². The van der Waals surface area contributed by atoms with Crippen LogP contribution in [0.4, 0.5) is 0 Å². The van der Waals surface area contributed by atoms with Gasteiger partial charge in [-0.05, 0) is 43.2 Å². The Bertz CT molecular complexity index is 722. The first kappa shape index (κ1) is 12.7. The molecule has 0 saturated heterocycles. The zero-order valence-corrected chi connectivity index (χ0v) is 11.9. The van der Waals surface area contributed by atoms with Crippen LogP contribution in [0.1, 0.15) is 47.8 Å². The summed E-state index contributed by atoms with van der Waals surface area (Å²) in [5, 5.41) is 9.33. The van der Waals surface area contributed by atoms with Crippen LogP contribution in [0, 0.1) is 11.8 Å². The van der Waals surface area contributed by atoms with Gasteiger partial charge in [-0.3, -0.25) is 0 Å². The number of aromatic carboxylic acids is 1. The summed E-state index contributed by atoms with van der Waals surface area (Å²) in [5.74, 6) is 2.61. The monoisotopic (exact) mass is 286 g/mol. The van der Waals surface area contributed by atoms with Gasteiger partial charge in [-0.25, -0.2) is 9.78 Å². The third kappa shape index (κ3) is 1.83. The highest BCUT2D eigenvalue weighted by Crippen LogP contribution is 2.52. The molecule has 21 heavy (non-hydrogen) atoms. The van der Waals surface area contributed by atoms with Crippen molar-refractivity contribution in [2.75, 3.05) is 7.11 Å². The molecule has 0 spiro atoms. The summed E-state index contributed by atoms with van der Waals surface area (Å²) in [6.45, 7) is 0. The molecule has 1 aromatic carbocycles. The molecule has 2 aromatic rings. The molecule has 0 amide bonds. The smallest absolute Gasteiger partial charge is 0.337 e. The maximum absolute atomic E-state index is 11.4. The number of aromatic amines is 1. The van der Waals surface area contributed by atoms with Crippen molar-refractivity contribution >= 4 is 17.0 Å². The number of carbonyl (C=O) groups is 1. The standard InChI is InChI=1S/C16H18N2O3/c1-21-12-5-4-10(16(19)20)13-14(12)18-15(17-13)11-7-8-2-3-9(11)6-8/h4-5,8-9,11H,2-3,6-7H2,1H3,(H,17,18)(H,19,20). The molecule has 2 aliphatic rings. The number of ether oxygens (including phenoxy) is 1. The molecule has 2 bridgehead atoms. The number of carboxylic acids is 1. The minimum Gasteiger partial charge on any atom is -0.494 e. The van der Waals surface area contributed by atoms with E-state index in [0.717, 1.165) is 11.7 Å². The maximum Gasteiger partial charge on any atom is 0.337 e. The molecular weight excluding hydrogens is 268 g/mol. The summed E-state index contributed by atoms with van der Waals surface area (Å²) in [5.41, 5.74) is 1.45. The summed E-state index contributed by atoms with van der Waals surface area (Å²) >= 11 is 0. The third-order valence-corrected chi connectivity index (χ3v) is 5.16. The summed E-state index contributed by atoms with van der Waals surface area (Å²) in [7, 11) is 1.59. The van der Waals surface area contributed by atoms with Crippen molar-refractivity contribution < 1.29 is 14.6 Å². The quantitative estimate of drug-likeness (QED) is 0.908. The Hall–Kier alpha value is -2.04. The van der Waals surface area contributed by atoms with Crippen LogP contribution in [0.15, 0.2) is 12.1 Å². The van der Waals surface area contributed by atoms with Crippen LogP contribution in [0.2, 0.25) is 0 Å². The van der Waals surface area contributed by atoms with Gasteiger partial charge in [-0.1, -0.05) is 6.42 Å². The Morgan fingerprint density at radius 3 is 2.86 bits per heavy atom. The molecule has 2 fully saturated rings. The van der Waals surface area contributed by atoms with E-state index in [1.165, 1.54) is 25.7 Å². The molecule has 0 aliphatic heterocycles. The van der Waals surface area contributed by atoms with Crippen LogP contribution in [0.25, 0.3) is 11.0 Å². The van der Waals surface area contributed by atoms with Crippen molar-refractivity contribution in [3.63, 3.8) is 0 Å². The van der Waals surface area contributed by atoms with E-state index in [2.05, 4.69) is 9.97 Å². The van der Waals surface area contributed by atoms with Crippen molar-refractivity contribution in [1.82, 2.24) is 9.97 Å². The SMILES string of the molecule is COc1ccc(C(=O)O)c2nc(C3CC4CCC3C4)[nH]c12. The van der Waals surface area contributed by atoms with Crippen molar-refractivity contribution in [3.8, 4) is 5.75 Å². The van der Waals surface area contributed by atoms with Crippen LogP contribution >= 0.6 is 0 Å². The Labute approximate surface area is 122 Å². The average molecular weight is 286 g/mol. The van der Waals surface area contributed by atoms with Gasteiger partial charge in [0.25, 0.3) is 0 Å². The van der Waals surface area contributed by atoms with Gasteiger partial charge in [0.2, 0.25) is 0 Å². The first-order valence-electron chi connectivity index (χ1n) is 7.47. The summed E-state index contributed by atoms with van der Waals surface area (Å²) < 4.78 is 5.34. The normalized spacial score (nSPS) is 27.4. The number of aromatic nitrogens is 2. The van der Waals surface area contributed by atoms with Crippen LogP contribution in [-0.4, -0.2) is 28.2 Å². The van der Waals surface area contributed by atoms with Crippen molar-refractivity contribution in [2.24, 2.45) is 11.8 Å². The number of nitrogens with zero attached hydrogens (tertiary/aromatic N) is 1. The Kier molecular flexibility index (Phi) is 2.71. The lowest BCUT2D eigenvalue weighted by Crippen LogP contribution is -2.09. The van der Waals surface area contributed by atoms with Gasteiger partial charge < -0.3 is 14.8 Å². The first-order chi connectivity index (χ1) is 10.2. The number of methoxy groups -OCH3 is 1. The number of rotatable bonds is 3. The molecule has 110 valence electrons. The number of imidazole rings is 1. The van der Waals surface area contributed by atoms with Crippen molar-refractivity contribution in [2.45, 2.75) is 31.6 Å². The fourth-order valence-corrected chi connectivity index (χ4v) is 4.18. The van der Waals surface area contributed by atoms with Gasteiger partial charge in [0, 0.05) is 5.92 Å². The molecule has 2 saturated carbocycles. The predicted octanol–water partition coefficient (Wildman–Crippen LogP) is 3.17. The molecular formula is C16H18N2O3. The minimum absolute atomic E-state index is 0.233. The van der Waals surface area contributed by atoms with E-state index in [1.54, 1.807) is 19.2 Å². The topological polar surface area (TPSA) is 75.2 Å². The van der Waals surface area contributed by atoms with Gasteiger partial charge in [-0.2, -0.15) is 0 Å². The van der Waals surface area contributed by atoms with E-state index in [4.69, 9.17) is 4.74 Å². The Morgan fingerprint density at radius 2 is 2.24 bits per heavy atom. The number of carboxylic acid groups (broad SMARTS) is 1. The number of hydrogen-bond acceptors (Lipinski definition) is 3. The van der Waals surface area contributed by atoms with E-state index in [9.17, 15) is 9.90 Å². The summed E-state index contributed by atoms with van der Waals surface area (Å²) in [6, 6.07) is 3.25. The molecule has 3 atom stereocenters. The Morgan fingerprint density at radius 1 is 1.38 bits per heavy atom. The zero-order valence-electron chi connectivity index (χ0n) is 11.9. The largest absolute Gasteiger partial charge is 0.494 e. The van der Waals surface area contributed by atoms with Crippen molar-refractivity contribution in [3.05, 3.63) is 23.5 Å².